The minimum Gasteiger partial charge on any atom is -0.398 e. The lowest BCUT2D eigenvalue weighted by Crippen LogP contribution is -2.42. The Bertz CT molecular complexity index is 594. The number of alkyl halides is 3. The Hall–Kier alpha value is -1.06. The highest BCUT2D eigenvalue weighted by molar-refractivity contribution is 6.61. The molecule has 1 aromatic rings. The molecule has 5 nitrogen and oxygen atoms in total. The summed E-state index contributed by atoms with van der Waals surface area (Å²) in [6.07, 6.45) is -2.65. The van der Waals surface area contributed by atoms with Crippen LogP contribution in [-0.4, -0.2) is 34.7 Å². The van der Waals surface area contributed by atoms with E-state index in [2.05, 4.69) is 5.10 Å². The van der Waals surface area contributed by atoms with Crippen LogP contribution in [0.15, 0.2) is 6.07 Å². The summed E-state index contributed by atoms with van der Waals surface area (Å²) in [6.45, 7) is 7.94. The first-order valence-electron chi connectivity index (χ1n) is 8.15. The Morgan fingerprint density at radius 2 is 1.79 bits per heavy atom. The standard InChI is InChI=1S/C15H22BF3N2O3/c1-13(2)14(3,4)24-16(23-13)11-9-10(15(17,18)19)20-21(11)12-7-5-6-8-22-12/h9,12H,5-8H2,1-4H3/t12-/m1/s1. The van der Waals surface area contributed by atoms with Gasteiger partial charge in [0.05, 0.1) is 16.8 Å². The third kappa shape index (κ3) is 3.09. The molecule has 2 fully saturated rings. The summed E-state index contributed by atoms with van der Waals surface area (Å²) in [4.78, 5) is 0. The van der Waals surface area contributed by atoms with Gasteiger partial charge in [-0.2, -0.15) is 18.3 Å². The highest BCUT2D eigenvalue weighted by atomic mass is 19.4. The molecule has 0 spiro atoms. The van der Waals surface area contributed by atoms with Crippen LogP contribution in [0.1, 0.15) is 58.9 Å². The van der Waals surface area contributed by atoms with Crippen molar-refractivity contribution in [3.05, 3.63) is 11.8 Å². The van der Waals surface area contributed by atoms with Gasteiger partial charge in [-0.05, 0) is 53.0 Å². The van der Waals surface area contributed by atoms with E-state index >= 15 is 0 Å². The van der Waals surface area contributed by atoms with Gasteiger partial charge in [-0.3, -0.25) is 0 Å². The lowest BCUT2D eigenvalue weighted by Gasteiger charge is -2.32. The number of halogens is 3. The van der Waals surface area contributed by atoms with Gasteiger partial charge in [-0.15, -0.1) is 0 Å². The monoisotopic (exact) mass is 346 g/mol. The van der Waals surface area contributed by atoms with E-state index in [1.807, 2.05) is 27.7 Å². The Morgan fingerprint density at radius 3 is 2.29 bits per heavy atom. The summed E-state index contributed by atoms with van der Waals surface area (Å²) in [5.41, 5.74) is -1.99. The van der Waals surface area contributed by atoms with E-state index in [4.69, 9.17) is 14.0 Å². The maximum Gasteiger partial charge on any atom is 0.514 e. The quantitative estimate of drug-likeness (QED) is 0.773. The van der Waals surface area contributed by atoms with Crippen LogP contribution in [0, 0.1) is 0 Å². The SMILES string of the molecule is CC1(C)OB(c2cc(C(F)(F)F)nn2[C@H]2CCCCO2)OC1(C)C. The van der Waals surface area contributed by atoms with Crippen molar-refractivity contribution in [2.24, 2.45) is 0 Å². The molecule has 0 amide bonds. The van der Waals surface area contributed by atoms with E-state index in [0.717, 1.165) is 18.9 Å². The van der Waals surface area contributed by atoms with Gasteiger partial charge in [0.1, 0.15) is 6.23 Å². The van der Waals surface area contributed by atoms with Crippen LogP contribution in [0.3, 0.4) is 0 Å². The minimum absolute atomic E-state index is 0.243. The zero-order chi connectivity index (χ0) is 17.8. The number of ether oxygens (including phenoxy) is 1. The van der Waals surface area contributed by atoms with Crippen molar-refractivity contribution < 1.29 is 27.2 Å². The molecule has 0 unspecified atom stereocenters. The molecule has 3 rings (SSSR count). The largest absolute Gasteiger partial charge is 0.514 e. The number of hydrogen-bond donors (Lipinski definition) is 0. The highest BCUT2D eigenvalue weighted by Gasteiger charge is 2.54. The predicted molar refractivity (Wildman–Crippen MR) is 81.8 cm³/mol. The summed E-state index contributed by atoms with van der Waals surface area (Å²) in [5, 5.41) is 3.75. The van der Waals surface area contributed by atoms with Gasteiger partial charge in [0.25, 0.3) is 0 Å². The minimum atomic E-state index is -4.53. The van der Waals surface area contributed by atoms with Crippen molar-refractivity contribution in [3.63, 3.8) is 0 Å². The Kier molecular flexibility index (Phi) is 4.25. The van der Waals surface area contributed by atoms with Crippen LogP contribution in [0.2, 0.25) is 0 Å². The van der Waals surface area contributed by atoms with Gasteiger partial charge < -0.3 is 14.0 Å². The summed E-state index contributed by atoms with van der Waals surface area (Å²) >= 11 is 0. The average molecular weight is 346 g/mol. The normalized spacial score (nSPS) is 26.8. The Morgan fingerprint density at radius 1 is 1.17 bits per heavy atom. The molecule has 2 saturated heterocycles. The molecular formula is C15H22BF3N2O3. The van der Waals surface area contributed by atoms with Gasteiger partial charge in [-0.1, -0.05) is 0 Å². The third-order valence-corrected chi connectivity index (χ3v) is 4.98. The number of aromatic nitrogens is 2. The lowest BCUT2D eigenvalue weighted by molar-refractivity contribution is -0.142. The number of nitrogens with zero attached hydrogens (tertiary/aromatic N) is 2. The highest BCUT2D eigenvalue weighted by Crippen LogP contribution is 2.37. The molecule has 0 aromatic carbocycles. The van der Waals surface area contributed by atoms with Crippen molar-refractivity contribution in [3.8, 4) is 0 Å². The number of hydrogen-bond acceptors (Lipinski definition) is 4. The predicted octanol–water partition coefficient (Wildman–Crippen LogP) is 2.90. The van der Waals surface area contributed by atoms with Crippen molar-refractivity contribution >= 4 is 12.7 Å². The molecule has 0 radical (unpaired) electrons. The zero-order valence-electron chi connectivity index (χ0n) is 14.3. The first kappa shape index (κ1) is 17.8. The summed E-state index contributed by atoms with van der Waals surface area (Å²) in [5.74, 6) is 0. The van der Waals surface area contributed by atoms with Crippen molar-refractivity contribution in [2.45, 2.75) is 70.6 Å². The van der Waals surface area contributed by atoms with Crippen LogP contribution in [-0.2, 0) is 20.2 Å². The van der Waals surface area contributed by atoms with E-state index in [-0.39, 0.29) is 5.59 Å². The molecule has 9 heteroatoms. The van der Waals surface area contributed by atoms with Crippen LogP contribution in [0.4, 0.5) is 13.2 Å². The molecule has 1 atom stereocenters. The van der Waals surface area contributed by atoms with Gasteiger partial charge in [-0.25, -0.2) is 4.68 Å². The van der Waals surface area contributed by atoms with Crippen LogP contribution >= 0.6 is 0 Å². The molecule has 0 aliphatic carbocycles. The van der Waals surface area contributed by atoms with Crippen LogP contribution < -0.4 is 5.59 Å². The van der Waals surface area contributed by atoms with E-state index in [9.17, 15) is 13.2 Å². The van der Waals surface area contributed by atoms with Crippen molar-refractivity contribution in [2.75, 3.05) is 6.61 Å². The summed E-state index contributed by atoms with van der Waals surface area (Å²) in [7, 11) is -0.913. The van der Waals surface area contributed by atoms with Gasteiger partial charge in [0, 0.05) is 6.61 Å². The van der Waals surface area contributed by atoms with E-state index in [0.29, 0.717) is 13.0 Å². The first-order valence-corrected chi connectivity index (χ1v) is 8.15. The molecule has 0 N–H and O–H groups in total. The van der Waals surface area contributed by atoms with Gasteiger partial charge >= 0.3 is 13.3 Å². The topological polar surface area (TPSA) is 45.5 Å². The Labute approximate surface area is 139 Å². The molecule has 3 heterocycles. The summed E-state index contributed by atoms with van der Waals surface area (Å²) < 4.78 is 58.1. The average Bonchev–Trinajstić information content (AvgIpc) is 2.99. The third-order valence-electron chi connectivity index (χ3n) is 4.98. The lowest BCUT2D eigenvalue weighted by atomic mass is 9.84. The van der Waals surface area contributed by atoms with Crippen LogP contribution in [0.25, 0.3) is 0 Å². The second-order valence-electron chi connectivity index (χ2n) is 7.31. The fraction of sp³-hybridized carbons (Fsp3) is 0.800. The van der Waals surface area contributed by atoms with Crippen molar-refractivity contribution in [1.82, 2.24) is 9.78 Å². The van der Waals surface area contributed by atoms with Crippen LogP contribution in [0.5, 0.6) is 0 Å². The maximum absolute atomic E-state index is 13.1. The van der Waals surface area contributed by atoms with E-state index in [1.54, 1.807) is 0 Å². The summed E-state index contributed by atoms with van der Waals surface area (Å²) in [6, 6.07) is 1.00. The molecule has 134 valence electrons. The second-order valence-corrected chi connectivity index (χ2v) is 7.31. The molecule has 24 heavy (non-hydrogen) atoms. The molecule has 0 bridgehead atoms. The molecular weight excluding hydrogens is 324 g/mol. The molecule has 2 aliphatic heterocycles. The molecule has 1 aromatic heterocycles. The Balaban J connectivity index is 1.98. The second kappa shape index (κ2) is 5.74. The molecule has 0 saturated carbocycles. The van der Waals surface area contributed by atoms with Crippen molar-refractivity contribution in [1.29, 1.82) is 0 Å². The maximum atomic E-state index is 13.1. The van der Waals surface area contributed by atoms with Gasteiger partial charge in [0.15, 0.2) is 5.69 Å². The fourth-order valence-corrected chi connectivity index (χ4v) is 2.83. The number of rotatable bonds is 2. The fourth-order valence-electron chi connectivity index (χ4n) is 2.83. The smallest absolute Gasteiger partial charge is 0.398 e. The first-order chi connectivity index (χ1) is 11.0. The molecule has 2 aliphatic rings. The van der Waals surface area contributed by atoms with Gasteiger partial charge in [0.2, 0.25) is 0 Å². The van der Waals surface area contributed by atoms with E-state index < -0.39 is 36.4 Å². The van der Waals surface area contributed by atoms with E-state index in [1.165, 1.54) is 4.68 Å². The zero-order valence-corrected chi connectivity index (χ0v) is 14.3.